The van der Waals surface area contributed by atoms with Gasteiger partial charge in [-0.3, -0.25) is 9.59 Å². The maximum absolute atomic E-state index is 14.3. The number of methoxy groups -OCH3 is 1. The van der Waals surface area contributed by atoms with Crippen LogP contribution in [-0.4, -0.2) is 18.9 Å². The highest BCUT2D eigenvalue weighted by atomic mass is 16.5. The number of ketones is 1. The summed E-state index contributed by atoms with van der Waals surface area (Å²) in [7, 11) is 1.52. The van der Waals surface area contributed by atoms with Gasteiger partial charge in [-0.25, -0.2) is 0 Å². The molecule has 0 heterocycles. The van der Waals surface area contributed by atoms with Crippen LogP contribution in [-0.2, 0) is 14.3 Å². The van der Waals surface area contributed by atoms with E-state index in [0.29, 0.717) is 23.0 Å². The molecular formula is C31H48O3. The summed E-state index contributed by atoms with van der Waals surface area (Å²) in [4.78, 5) is 27.1. The highest BCUT2D eigenvalue weighted by Crippen LogP contribution is 2.75. The van der Waals surface area contributed by atoms with E-state index < -0.39 is 5.41 Å². The molecule has 8 atom stereocenters. The van der Waals surface area contributed by atoms with Crippen LogP contribution >= 0.6 is 0 Å². The topological polar surface area (TPSA) is 43.4 Å². The smallest absolute Gasteiger partial charge is 0.311 e. The average Bonchev–Trinajstić information content (AvgIpc) is 2.75. The lowest BCUT2D eigenvalue weighted by molar-refractivity contribution is -0.185. The molecule has 0 aromatic heterocycles. The third-order valence-corrected chi connectivity index (χ3v) is 13.0. The molecule has 190 valence electrons. The minimum absolute atomic E-state index is 0.00667. The molecule has 4 saturated carbocycles. The lowest BCUT2D eigenvalue weighted by atomic mass is 9.33. The van der Waals surface area contributed by atoms with Crippen LogP contribution in [0.1, 0.15) is 113 Å². The second-order valence-corrected chi connectivity index (χ2v) is 15.1. The van der Waals surface area contributed by atoms with Gasteiger partial charge in [0.1, 0.15) is 0 Å². The Bertz CT molecular complexity index is 946. The molecule has 34 heavy (non-hydrogen) atoms. The van der Waals surface area contributed by atoms with Crippen LogP contribution in [0.5, 0.6) is 0 Å². The zero-order valence-corrected chi connectivity index (χ0v) is 23.1. The van der Waals surface area contributed by atoms with E-state index in [2.05, 4.69) is 54.5 Å². The van der Waals surface area contributed by atoms with Crippen LogP contribution in [0.15, 0.2) is 11.6 Å². The quantitative estimate of drug-likeness (QED) is 0.374. The first-order valence-electron chi connectivity index (χ1n) is 14.0. The van der Waals surface area contributed by atoms with E-state index in [9.17, 15) is 9.59 Å². The molecule has 0 aliphatic heterocycles. The molecule has 5 aliphatic rings. The molecule has 5 rings (SSSR count). The van der Waals surface area contributed by atoms with Crippen LogP contribution in [0, 0.1) is 50.2 Å². The van der Waals surface area contributed by atoms with Crippen LogP contribution in [0.4, 0.5) is 0 Å². The van der Waals surface area contributed by atoms with E-state index in [1.165, 1.54) is 51.2 Å². The van der Waals surface area contributed by atoms with E-state index in [1.54, 1.807) is 0 Å². The van der Waals surface area contributed by atoms with Gasteiger partial charge in [0, 0.05) is 5.92 Å². The average molecular weight is 469 g/mol. The molecule has 5 aliphatic carbocycles. The van der Waals surface area contributed by atoms with E-state index in [4.69, 9.17) is 4.74 Å². The SMILES string of the molecule is COC(=O)[C@@]1(C)CC[C@]2(C)CC[C@]3(C)C(=CC(=O)[C@@H]4[C@@]5(C)CCCC(C)(C)[C@@H]5CC[C@]43C)[C@@H]2C1. The fourth-order valence-corrected chi connectivity index (χ4v) is 10.7. The fraction of sp³-hybridized carbons (Fsp3) is 0.871. The number of ether oxygens (including phenoxy) is 1. The van der Waals surface area contributed by atoms with Gasteiger partial charge < -0.3 is 4.74 Å². The molecule has 3 heteroatoms. The Balaban J connectivity index is 1.61. The van der Waals surface area contributed by atoms with E-state index >= 15 is 0 Å². The number of allylic oxidation sites excluding steroid dienone is 2. The zero-order valence-electron chi connectivity index (χ0n) is 23.1. The largest absolute Gasteiger partial charge is 0.469 e. The molecular weight excluding hydrogens is 420 g/mol. The molecule has 0 spiro atoms. The van der Waals surface area contributed by atoms with Gasteiger partial charge in [-0.1, -0.05) is 53.5 Å². The van der Waals surface area contributed by atoms with Crippen LogP contribution in [0.3, 0.4) is 0 Å². The number of hydrogen-bond acceptors (Lipinski definition) is 3. The molecule has 0 bridgehead atoms. The maximum Gasteiger partial charge on any atom is 0.311 e. The Hall–Kier alpha value is -1.12. The molecule has 3 nitrogen and oxygen atoms in total. The molecule has 0 amide bonds. The first-order valence-corrected chi connectivity index (χ1v) is 14.0. The predicted molar refractivity (Wildman–Crippen MR) is 136 cm³/mol. The van der Waals surface area contributed by atoms with Crippen molar-refractivity contribution in [2.24, 2.45) is 50.2 Å². The highest BCUT2D eigenvalue weighted by molar-refractivity contribution is 5.95. The van der Waals surface area contributed by atoms with E-state index in [0.717, 1.165) is 25.7 Å². The summed E-state index contributed by atoms with van der Waals surface area (Å²) in [5, 5.41) is 0. The number of fused-ring (bicyclic) bond motifs is 7. The van der Waals surface area contributed by atoms with Crippen molar-refractivity contribution in [2.45, 2.75) is 113 Å². The van der Waals surface area contributed by atoms with Gasteiger partial charge in [0.05, 0.1) is 12.5 Å². The van der Waals surface area contributed by atoms with Crippen LogP contribution in [0.2, 0.25) is 0 Å². The third-order valence-electron chi connectivity index (χ3n) is 13.0. The minimum Gasteiger partial charge on any atom is -0.469 e. The first kappa shape index (κ1) is 24.6. The number of esters is 1. The summed E-state index contributed by atoms with van der Waals surface area (Å²) in [6.07, 6.45) is 13.4. The zero-order chi connectivity index (χ0) is 24.9. The second-order valence-electron chi connectivity index (χ2n) is 15.1. The summed E-state index contributed by atoms with van der Waals surface area (Å²) < 4.78 is 5.26. The standard InChI is InChI=1S/C31H48O3/c1-26(2)11-9-12-29(5)23(26)10-13-31(7)24(29)22(32)18-20-21-19-28(4,25(33)34-8)15-14-27(21,3)16-17-30(20,31)6/h18,21,23-24H,9-17,19H2,1-8H3/t21-,23-,24+,27+,28-,29-,30+,31+/m0/s1. The summed E-state index contributed by atoms with van der Waals surface area (Å²) in [6.45, 7) is 16.9. The molecule has 0 N–H and O–H groups in total. The second kappa shape index (κ2) is 7.22. The van der Waals surface area contributed by atoms with Gasteiger partial charge in [0.15, 0.2) is 5.78 Å². The van der Waals surface area contributed by atoms with Gasteiger partial charge in [-0.2, -0.15) is 0 Å². The van der Waals surface area contributed by atoms with Gasteiger partial charge in [0.25, 0.3) is 0 Å². The Morgan fingerprint density at radius 2 is 1.59 bits per heavy atom. The van der Waals surface area contributed by atoms with Crippen LogP contribution in [0.25, 0.3) is 0 Å². The van der Waals surface area contributed by atoms with Crippen molar-refractivity contribution in [3.63, 3.8) is 0 Å². The number of hydrogen-bond donors (Lipinski definition) is 0. The van der Waals surface area contributed by atoms with Crippen LogP contribution < -0.4 is 0 Å². The van der Waals surface area contributed by atoms with E-state index in [-0.39, 0.29) is 33.5 Å². The highest BCUT2D eigenvalue weighted by Gasteiger charge is 2.69. The number of rotatable bonds is 1. The minimum atomic E-state index is -0.449. The van der Waals surface area contributed by atoms with Gasteiger partial charge in [-0.15, -0.1) is 0 Å². The van der Waals surface area contributed by atoms with Crippen molar-refractivity contribution in [1.29, 1.82) is 0 Å². The van der Waals surface area contributed by atoms with Crippen molar-refractivity contribution in [2.75, 3.05) is 7.11 Å². The summed E-state index contributed by atoms with van der Waals surface area (Å²) in [5.74, 6) is 1.35. The maximum atomic E-state index is 14.3. The van der Waals surface area contributed by atoms with Crippen molar-refractivity contribution in [3.8, 4) is 0 Å². The van der Waals surface area contributed by atoms with Crippen molar-refractivity contribution in [1.82, 2.24) is 0 Å². The lowest BCUT2D eigenvalue weighted by Crippen LogP contribution is -2.65. The third kappa shape index (κ3) is 2.94. The molecule has 0 radical (unpaired) electrons. The number of carbonyl (C=O) groups excluding carboxylic acids is 2. The Morgan fingerprint density at radius 3 is 2.26 bits per heavy atom. The van der Waals surface area contributed by atoms with Crippen molar-refractivity contribution < 1.29 is 14.3 Å². The summed E-state index contributed by atoms with van der Waals surface area (Å²) in [5.41, 5.74) is 1.54. The molecule has 0 aromatic carbocycles. The monoisotopic (exact) mass is 468 g/mol. The van der Waals surface area contributed by atoms with Gasteiger partial charge in [0.2, 0.25) is 0 Å². The Kier molecular flexibility index (Phi) is 5.22. The van der Waals surface area contributed by atoms with Gasteiger partial charge in [-0.05, 0) is 110 Å². The first-order chi connectivity index (χ1) is 15.7. The normalized spacial score (nSPS) is 51.8. The summed E-state index contributed by atoms with van der Waals surface area (Å²) >= 11 is 0. The van der Waals surface area contributed by atoms with Crippen molar-refractivity contribution >= 4 is 11.8 Å². The molecule has 0 saturated heterocycles. The lowest BCUT2D eigenvalue weighted by Gasteiger charge is -2.70. The molecule has 0 aromatic rings. The van der Waals surface area contributed by atoms with Crippen molar-refractivity contribution in [3.05, 3.63) is 11.6 Å². The Labute approximate surface area is 207 Å². The predicted octanol–water partition coefficient (Wildman–Crippen LogP) is 7.53. The molecule has 4 fully saturated rings. The van der Waals surface area contributed by atoms with Gasteiger partial charge >= 0.3 is 5.97 Å². The Morgan fingerprint density at radius 1 is 0.912 bits per heavy atom. The van der Waals surface area contributed by atoms with E-state index in [1.807, 2.05) is 0 Å². The number of carbonyl (C=O) groups is 2. The fourth-order valence-electron chi connectivity index (χ4n) is 10.7. The summed E-state index contributed by atoms with van der Waals surface area (Å²) in [6, 6.07) is 0. The molecule has 0 unspecified atom stereocenters.